The molecule has 1 fully saturated rings. The number of halogens is 1. The molecule has 0 N–H and O–H groups in total. The number of hydrogen-bond acceptors (Lipinski definition) is 0. The van der Waals surface area contributed by atoms with E-state index in [-0.39, 0.29) is 0 Å². The van der Waals surface area contributed by atoms with E-state index < -0.39 is 0 Å². The fourth-order valence-corrected chi connectivity index (χ4v) is 4.39. The van der Waals surface area contributed by atoms with Crippen LogP contribution in [0.3, 0.4) is 0 Å². The Morgan fingerprint density at radius 1 is 1.23 bits per heavy atom. The Morgan fingerprint density at radius 2 is 1.77 bits per heavy atom. The van der Waals surface area contributed by atoms with Gasteiger partial charge in [-0.1, -0.05) is 62.4 Å². The van der Waals surface area contributed by atoms with Crippen LogP contribution < -0.4 is 0 Å². The van der Waals surface area contributed by atoms with Crippen molar-refractivity contribution in [2.24, 2.45) is 17.8 Å². The summed E-state index contributed by atoms with van der Waals surface area (Å²) in [5.74, 6) is 2.79. The van der Waals surface area contributed by atoms with Crippen molar-refractivity contribution in [1.29, 1.82) is 0 Å². The van der Waals surface area contributed by atoms with Gasteiger partial charge in [0.1, 0.15) is 0 Å². The molecule has 0 aromatic heterocycles. The van der Waals surface area contributed by atoms with Crippen LogP contribution in [0.25, 0.3) is 0 Å². The molecule has 1 rings (SSSR count). The molecule has 0 heterocycles. The van der Waals surface area contributed by atoms with E-state index >= 15 is 0 Å². The van der Waals surface area contributed by atoms with Crippen molar-refractivity contribution in [2.45, 2.75) is 57.7 Å². The van der Waals surface area contributed by atoms with Crippen LogP contribution in [0.15, 0.2) is 0 Å². The van der Waals surface area contributed by atoms with Crippen LogP contribution in [0.1, 0.15) is 52.9 Å². The molecular formula is C12H23Br. The van der Waals surface area contributed by atoms with E-state index in [0.29, 0.717) is 0 Å². The SMILES string of the molecule is CCCC(Br)C1C(C)CCCC1C. The highest BCUT2D eigenvalue weighted by molar-refractivity contribution is 9.09. The molecule has 78 valence electrons. The molecule has 0 saturated heterocycles. The molecule has 0 aromatic rings. The fourth-order valence-electron chi connectivity index (χ4n) is 2.89. The van der Waals surface area contributed by atoms with Gasteiger partial charge in [-0.15, -0.1) is 0 Å². The molecule has 0 nitrogen and oxygen atoms in total. The average Bonchev–Trinajstić information content (AvgIpc) is 2.04. The summed E-state index contributed by atoms with van der Waals surface area (Å²) in [6, 6.07) is 0. The van der Waals surface area contributed by atoms with Crippen LogP contribution in [0.5, 0.6) is 0 Å². The second-order valence-electron chi connectivity index (χ2n) is 4.77. The summed E-state index contributed by atoms with van der Waals surface area (Å²) in [5, 5.41) is 0. The second kappa shape index (κ2) is 5.38. The maximum atomic E-state index is 3.88. The minimum absolute atomic E-state index is 0.766. The molecule has 1 aliphatic carbocycles. The minimum Gasteiger partial charge on any atom is -0.0887 e. The highest BCUT2D eigenvalue weighted by atomic mass is 79.9. The van der Waals surface area contributed by atoms with Crippen LogP contribution in [0.4, 0.5) is 0 Å². The maximum Gasteiger partial charge on any atom is 0.0179 e. The molecule has 3 atom stereocenters. The van der Waals surface area contributed by atoms with Crippen molar-refractivity contribution < 1.29 is 0 Å². The van der Waals surface area contributed by atoms with Gasteiger partial charge in [-0.05, 0) is 24.2 Å². The third-order valence-electron chi connectivity index (χ3n) is 3.62. The molecule has 0 amide bonds. The number of rotatable bonds is 3. The Hall–Kier alpha value is 0.480. The molecule has 0 aliphatic heterocycles. The molecule has 13 heavy (non-hydrogen) atoms. The van der Waals surface area contributed by atoms with Crippen LogP contribution in [0, 0.1) is 17.8 Å². The summed E-state index contributed by atoms with van der Waals surface area (Å²) in [6.45, 7) is 7.15. The summed E-state index contributed by atoms with van der Waals surface area (Å²) >= 11 is 3.88. The second-order valence-corrected chi connectivity index (χ2v) is 5.94. The average molecular weight is 247 g/mol. The van der Waals surface area contributed by atoms with Gasteiger partial charge in [0, 0.05) is 4.83 Å². The van der Waals surface area contributed by atoms with E-state index in [2.05, 4.69) is 36.7 Å². The van der Waals surface area contributed by atoms with Gasteiger partial charge in [0.15, 0.2) is 0 Å². The molecule has 1 saturated carbocycles. The minimum atomic E-state index is 0.766. The van der Waals surface area contributed by atoms with Crippen LogP contribution >= 0.6 is 15.9 Å². The molecular weight excluding hydrogens is 224 g/mol. The lowest BCUT2D eigenvalue weighted by atomic mass is 9.71. The highest BCUT2D eigenvalue weighted by Crippen LogP contribution is 2.40. The van der Waals surface area contributed by atoms with Crippen molar-refractivity contribution in [2.75, 3.05) is 0 Å². The Labute approximate surface area is 91.6 Å². The van der Waals surface area contributed by atoms with E-state index in [9.17, 15) is 0 Å². The van der Waals surface area contributed by atoms with Crippen LogP contribution in [-0.2, 0) is 0 Å². The predicted molar refractivity (Wildman–Crippen MR) is 63.3 cm³/mol. The number of alkyl halides is 1. The molecule has 3 unspecified atom stereocenters. The van der Waals surface area contributed by atoms with E-state index in [1.165, 1.54) is 32.1 Å². The molecule has 0 radical (unpaired) electrons. The van der Waals surface area contributed by atoms with Crippen LogP contribution in [-0.4, -0.2) is 4.83 Å². The van der Waals surface area contributed by atoms with Gasteiger partial charge in [0.25, 0.3) is 0 Å². The zero-order valence-electron chi connectivity index (χ0n) is 9.22. The zero-order valence-corrected chi connectivity index (χ0v) is 10.8. The van der Waals surface area contributed by atoms with Crippen molar-refractivity contribution in [3.63, 3.8) is 0 Å². The van der Waals surface area contributed by atoms with Gasteiger partial charge in [-0.25, -0.2) is 0 Å². The lowest BCUT2D eigenvalue weighted by molar-refractivity contribution is 0.173. The molecule has 0 bridgehead atoms. The maximum absolute atomic E-state index is 3.88. The van der Waals surface area contributed by atoms with Gasteiger partial charge < -0.3 is 0 Å². The zero-order chi connectivity index (χ0) is 9.84. The predicted octanol–water partition coefficient (Wildman–Crippen LogP) is 4.62. The Balaban J connectivity index is 2.51. The quantitative estimate of drug-likeness (QED) is 0.638. The smallest absolute Gasteiger partial charge is 0.0179 e. The van der Waals surface area contributed by atoms with Gasteiger partial charge >= 0.3 is 0 Å². The summed E-state index contributed by atoms with van der Waals surface area (Å²) in [7, 11) is 0. The number of hydrogen-bond donors (Lipinski definition) is 0. The monoisotopic (exact) mass is 246 g/mol. The third-order valence-corrected chi connectivity index (χ3v) is 4.68. The molecule has 0 spiro atoms. The van der Waals surface area contributed by atoms with E-state index in [4.69, 9.17) is 0 Å². The first-order chi connectivity index (χ1) is 6.16. The normalized spacial score (nSPS) is 37.4. The molecule has 1 aliphatic rings. The van der Waals surface area contributed by atoms with E-state index in [1.54, 1.807) is 0 Å². The summed E-state index contributed by atoms with van der Waals surface area (Å²) in [6.07, 6.45) is 7.00. The van der Waals surface area contributed by atoms with E-state index in [0.717, 1.165) is 22.6 Å². The van der Waals surface area contributed by atoms with Crippen molar-refractivity contribution in [3.8, 4) is 0 Å². The Bertz CT molecular complexity index is 134. The highest BCUT2D eigenvalue weighted by Gasteiger charge is 2.32. The summed E-state index contributed by atoms with van der Waals surface area (Å²) < 4.78 is 0. The first-order valence-electron chi connectivity index (χ1n) is 5.80. The Morgan fingerprint density at radius 3 is 2.23 bits per heavy atom. The van der Waals surface area contributed by atoms with Gasteiger partial charge in [0.2, 0.25) is 0 Å². The fraction of sp³-hybridized carbons (Fsp3) is 1.00. The topological polar surface area (TPSA) is 0 Å². The lowest BCUT2D eigenvalue weighted by Gasteiger charge is -2.37. The van der Waals surface area contributed by atoms with Crippen LogP contribution in [0.2, 0.25) is 0 Å². The first-order valence-corrected chi connectivity index (χ1v) is 6.72. The summed E-state index contributed by atoms with van der Waals surface area (Å²) in [5.41, 5.74) is 0. The van der Waals surface area contributed by atoms with Gasteiger partial charge in [-0.2, -0.15) is 0 Å². The van der Waals surface area contributed by atoms with Crippen molar-refractivity contribution >= 4 is 15.9 Å². The molecule has 1 heteroatoms. The molecule has 0 aromatic carbocycles. The Kier molecular flexibility index (Phi) is 4.78. The summed E-state index contributed by atoms with van der Waals surface area (Å²) in [4.78, 5) is 0.766. The first kappa shape index (κ1) is 11.6. The van der Waals surface area contributed by atoms with Crippen molar-refractivity contribution in [1.82, 2.24) is 0 Å². The van der Waals surface area contributed by atoms with Gasteiger partial charge in [-0.3, -0.25) is 0 Å². The third kappa shape index (κ3) is 2.97. The standard InChI is InChI=1S/C12H23Br/c1-4-6-11(13)12-9(2)7-5-8-10(12)3/h9-12H,4-8H2,1-3H3. The lowest BCUT2D eigenvalue weighted by Crippen LogP contribution is -2.31. The largest absolute Gasteiger partial charge is 0.0887 e. The van der Waals surface area contributed by atoms with Gasteiger partial charge in [0.05, 0.1) is 0 Å². The van der Waals surface area contributed by atoms with E-state index in [1.807, 2.05) is 0 Å². The van der Waals surface area contributed by atoms with Crippen molar-refractivity contribution in [3.05, 3.63) is 0 Å².